The molecule has 3 heteroatoms. The van der Waals surface area contributed by atoms with Crippen LogP contribution in [0.3, 0.4) is 0 Å². The number of rotatable bonds is 4. The van der Waals surface area contributed by atoms with Crippen LogP contribution in [0.2, 0.25) is 0 Å². The van der Waals surface area contributed by atoms with E-state index < -0.39 is 0 Å². The second-order valence-corrected chi connectivity index (χ2v) is 4.88. The molecule has 0 saturated heterocycles. The molecule has 1 aromatic carbocycles. The van der Waals surface area contributed by atoms with Crippen molar-refractivity contribution in [3.63, 3.8) is 0 Å². The van der Waals surface area contributed by atoms with Gasteiger partial charge in [-0.05, 0) is 34.0 Å². The summed E-state index contributed by atoms with van der Waals surface area (Å²) in [6.07, 6.45) is 1.85. The fraction of sp³-hybridized carbons (Fsp3) is 0.429. The first-order chi connectivity index (χ1) is 8.10. The molecule has 1 unspecified atom stereocenters. The Hall–Kier alpha value is -1.32. The summed E-state index contributed by atoms with van der Waals surface area (Å²) < 4.78 is 5.60. The highest BCUT2D eigenvalue weighted by Crippen LogP contribution is 2.32. The molecular weight excluding hydrogens is 212 g/mol. The molecule has 0 saturated carbocycles. The molecule has 3 nitrogen and oxygen atoms in total. The van der Waals surface area contributed by atoms with Crippen molar-refractivity contribution >= 4 is 11.0 Å². The molecule has 0 aliphatic rings. The summed E-state index contributed by atoms with van der Waals surface area (Å²) >= 11 is 0. The molecular formula is C14H20N2O. The molecule has 2 rings (SSSR count). The maximum Gasteiger partial charge on any atom is 0.134 e. The van der Waals surface area contributed by atoms with E-state index in [0.29, 0.717) is 0 Å². The second-order valence-electron chi connectivity index (χ2n) is 4.88. The van der Waals surface area contributed by atoms with E-state index in [2.05, 4.69) is 30.5 Å². The van der Waals surface area contributed by atoms with Crippen LogP contribution < -0.4 is 10.6 Å². The van der Waals surface area contributed by atoms with E-state index in [-0.39, 0.29) is 11.6 Å². The lowest BCUT2D eigenvalue weighted by atomic mass is 9.88. The minimum absolute atomic E-state index is 0.0403. The molecule has 0 fully saturated rings. The zero-order chi connectivity index (χ0) is 12.5. The van der Waals surface area contributed by atoms with Crippen molar-refractivity contribution < 1.29 is 4.42 Å². The third-order valence-corrected chi connectivity index (χ3v) is 3.48. The predicted molar refractivity (Wildman–Crippen MR) is 71.2 cm³/mol. The van der Waals surface area contributed by atoms with Crippen LogP contribution in [-0.4, -0.2) is 19.6 Å². The summed E-state index contributed by atoms with van der Waals surface area (Å²) in [5.41, 5.74) is 2.10. The molecule has 1 atom stereocenters. The fourth-order valence-electron chi connectivity index (χ4n) is 2.27. The Morgan fingerprint density at radius 2 is 1.88 bits per heavy atom. The minimum atomic E-state index is -0.0403. The number of hydrogen-bond acceptors (Lipinski definition) is 3. The number of fused-ring (bicyclic) bond motifs is 1. The lowest BCUT2D eigenvalue weighted by Crippen LogP contribution is -2.47. The topological polar surface area (TPSA) is 37.2 Å². The van der Waals surface area contributed by atoms with Crippen LogP contribution in [0.4, 0.5) is 0 Å². The average molecular weight is 232 g/mol. The SMILES string of the molecule is CNC(c1coc2ccccc12)C(C)(C)NC. The van der Waals surface area contributed by atoms with Gasteiger partial charge >= 0.3 is 0 Å². The Kier molecular flexibility index (Phi) is 3.22. The van der Waals surface area contributed by atoms with Crippen molar-refractivity contribution in [1.29, 1.82) is 0 Å². The third-order valence-electron chi connectivity index (χ3n) is 3.48. The highest BCUT2D eigenvalue weighted by molar-refractivity contribution is 5.81. The van der Waals surface area contributed by atoms with Gasteiger partial charge in [-0.3, -0.25) is 0 Å². The molecule has 0 aliphatic heterocycles. The fourth-order valence-corrected chi connectivity index (χ4v) is 2.27. The lowest BCUT2D eigenvalue weighted by Gasteiger charge is -2.33. The molecule has 92 valence electrons. The van der Waals surface area contributed by atoms with Crippen molar-refractivity contribution in [2.75, 3.05) is 14.1 Å². The molecule has 1 heterocycles. The van der Waals surface area contributed by atoms with Crippen LogP contribution in [0.5, 0.6) is 0 Å². The smallest absolute Gasteiger partial charge is 0.134 e. The summed E-state index contributed by atoms with van der Waals surface area (Å²) in [7, 11) is 3.96. The maximum absolute atomic E-state index is 5.60. The Morgan fingerprint density at radius 3 is 2.53 bits per heavy atom. The highest BCUT2D eigenvalue weighted by Gasteiger charge is 2.30. The van der Waals surface area contributed by atoms with Gasteiger partial charge in [-0.25, -0.2) is 0 Å². The van der Waals surface area contributed by atoms with Gasteiger partial charge in [0.05, 0.1) is 12.3 Å². The Morgan fingerprint density at radius 1 is 1.18 bits per heavy atom. The Labute approximate surface area is 102 Å². The summed E-state index contributed by atoms with van der Waals surface area (Å²) in [6.45, 7) is 4.35. The summed E-state index contributed by atoms with van der Waals surface area (Å²) in [4.78, 5) is 0. The van der Waals surface area contributed by atoms with Crippen molar-refractivity contribution in [1.82, 2.24) is 10.6 Å². The van der Waals surface area contributed by atoms with Crippen LogP contribution in [0.1, 0.15) is 25.5 Å². The van der Waals surface area contributed by atoms with Crippen LogP contribution in [0.25, 0.3) is 11.0 Å². The van der Waals surface area contributed by atoms with E-state index in [0.717, 1.165) is 5.58 Å². The number of nitrogens with one attached hydrogen (secondary N) is 2. The molecule has 2 aromatic rings. The van der Waals surface area contributed by atoms with E-state index in [4.69, 9.17) is 4.42 Å². The number of furan rings is 1. The van der Waals surface area contributed by atoms with Gasteiger partial charge < -0.3 is 15.1 Å². The van der Waals surface area contributed by atoms with Gasteiger partial charge in [0.1, 0.15) is 5.58 Å². The van der Waals surface area contributed by atoms with E-state index in [1.54, 1.807) is 0 Å². The van der Waals surface area contributed by atoms with Gasteiger partial charge in [0, 0.05) is 16.5 Å². The maximum atomic E-state index is 5.60. The normalized spacial score (nSPS) is 14.1. The first-order valence-electron chi connectivity index (χ1n) is 5.92. The number of benzene rings is 1. The molecule has 0 radical (unpaired) electrons. The van der Waals surface area contributed by atoms with Gasteiger partial charge in [0.25, 0.3) is 0 Å². The monoisotopic (exact) mass is 232 g/mol. The van der Waals surface area contributed by atoms with E-state index in [9.17, 15) is 0 Å². The van der Waals surface area contributed by atoms with Crippen LogP contribution in [0.15, 0.2) is 34.9 Å². The van der Waals surface area contributed by atoms with Gasteiger partial charge in [0.2, 0.25) is 0 Å². The molecule has 1 aromatic heterocycles. The van der Waals surface area contributed by atoms with Gasteiger partial charge in [0.15, 0.2) is 0 Å². The van der Waals surface area contributed by atoms with Gasteiger partial charge in [-0.2, -0.15) is 0 Å². The van der Waals surface area contributed by atoms with Crippen molar-refractivity contribution in [3.05, 3.63) is 36.1 Å². The first-order valence-corrected chi connectivity index (χ1v) is 5.92. The summed E-state index contributed by atoms with van der Waals surface area (Å²) in [6, 6.07) is 8.34. The minimum Gasteiger partial charge on any atom is -0.464 e. The van der Waals surface area contributed by atoms with Crippen LogP contribution in [-0.2, 0) is 0 Å². The molecule has 0 aliphatic carbocycles. The van der Waals surface area contributed by atoms with Crippen LogP contribution >= 0.6 is 0 Å². The van der Waals surface area contributed by atoms with Crippen LogP contribution in [0, 0.1) is 0 Å². The van der Waals surface area contributed by atoms with Crippen molar-refractivity contribution in [3.8, 4) is 0 Å². The third kappa shape index (κ3) is 2.08. The Balaban J connectivity index is 2.51. The van der Waals surface area contributed by atoms with Crippen molar-refractivity contribution in [2.24, 2.45) is 0 Å². The first kappa shape index (κ1) is 12.1. The van der Waals surface area contributed by atoms with Crippen molar-refractivity contribution in [2.45, 2.75) is 25.4 Å². The second kappa shape index (κ2) is 4.51. The molecule has 17 heavy (non-hydrogen) atoms. The lowest BCUT2D eigenvalue weighted by molar-refractivity contribution is 0.311. The summed E-state index contributed by atoms with van der Waals surface area (Å²) in [5.74, 6) is 0. The Bertz CT molecular complexity index is 502. The van der Waals surface area contributed by atoms with Gasteiger partial charge in [-0.15, -0.1) is 0 Å². The number of hydrogen-bond donors (Lipinski definition) is 2. The molecule has 0 spiro atoms. The van der Waals surface area contributed by atoms with Gasteiger partial charge in [-0.1, -0.05) is 18.2 Å². The number of para-hydroxylation sites is 1. The summed E-state index contributed by atoms with van der Waals surface area (Å²) in [5, 5.41) is 7.88. The van der Waals surface area contributed by atoms with E-state index >= 15 is 0 Å². The molecule has 2 N–H and O–H groups in total. The highest BCUT2D eigenvalue weighted by atomic mass is 16.3. The molecule has 0 amide bonds. The largest absolute Gasteiger partial charge is 0.464 e. The number of likely N-dealkylation sites (N-methyl/N-ethyl adjacent to an activating group) is 2. The molecule has 0 bridgehead atoms. The zero-order valence-electron chi connectivity index (χ0n) is 10.9. The van der Waals surface area contributed by atoms with E-state index in [1.165, 1.54) is 10.9 Å². The predicted octanol–water partition coefficient (Wildman–Crippen LogP) is 2.69. The quantitative estimate of drug-likeness (QED) is 0.851. The standard InChI is InChI=1S/C14H20N2O/c1-14(2,16-4)13(15-3)11-9-17-12-8-6-5-7-10(11)12/h5-9,13,15-16H,1-4H3. The average Bonchev–Trinajstić information content (AvgIpc) is 2.74. The van der Waals surface area contributed by atoms with E-state index in [1.807, 2.05) is 38.6 Å². The zero-order valence-corrected chi connectivity index (χ0v) is 10.9.